The van der Waals surface area contributed by atoms with Crippen LogP contribution in [0.3, 0.4) is 0 Å². The monoisotopic (exact) mass is 480 g/mol. The van der Waals surface area contributed by atoms with Gasteiger partial charge in [0.2, 0.25) is 5.91 Å². The first-order valence-electron chi connectivity index (χ1n) is 12.3. The molecule has 188 valence electrons. The van der Waals surface area contributed by atoms with Crippen molar-refractivity contribution in [1.82, 2.24) is 10.6 Å². The molecule has 0 spiro atoms. The molecule has 0 aromatic heterocycles. The smallest absolute Gasteiger partial charge is 0.407 e. The lowest BCUT2D eigenvalue weighted by Crippen LogP contribution is -2.51. The molecule has 7 nitrogen and oxygen atoms in total. The minimum Gasteiger partial charge on any atom is -0.481 e. The van der Waals surface area contributed by atoms with Crippen LogP contribution >= 0.6 is 0 Å². The van der Waals surface area contributed by atoms with Crippen LogP contribution in [0.1, 0.15) is 57.6 Å². The highest BCUT2D eigenvalue weighted by atomic mass is 16.5. The van der Waals surface area contributed by atoms with E-state index in [2.05, 4.69) is 22.8 Å². The molecule has 0 fully saturated rings. The number of nitrogens with one attached hydrogen (secondary N) is 2. The van der Waals surface area contributed by atoms with Gasteiger partial charge in [0.1, 0.15) is 12.6 Å². The van der Waals surface area contributed by atoms with E-state index >= 15 is 0 Å². The Bertz CT molecular complexity index is 1010. The van der Waals surface area contributed by atoms with Crippen molar-refractivity contribution in [3.63, 3.8) is 0 Å². The number of hydrogen-bond acceptors (Lipinski definition) is 4. The Hall–Kier alpha value is -3.35. The van der Waals surface area contributed by atoms with Gasteiger partial charge in [-0.3, -0.25) is 9.59 Å². The van der Waals surface area contributed by atoms with Gasteiger partial charge in [-0.2, -0.15) is 0 Å². The standard InChI is InChI=1S/C28H36N2O5/c1-5-18(4)25(26(31)29-15-19(27(32)33)14-17(2)3)30-28(34)35-16-24-22-12-8-6-10-20(22)21-11-7-9-13-23(21)24/h6-13,17-19,24-25H,5,14-16H2,1-4H3,(H,29,31)(H,30,34)(H,32,33)/t18?,19?,25-/m0/s1. The fraction of sp³-hybridized carbons (Fsp3) is 0.464. The second-order valence-electron chi connectivity index (χ2n) is 9.74. The third-order valence-electron chi connectivity index (χ3n) is 6.74. The molecular weight excluding hydrogens is 444 g/mol. The van der Waals surface area contributed by atoms with Crippen molar-refractivity contribution in [3.8, 4) is 11.1 Å². The number of aliphatic carboxylic acids is 1. The number of carbonyl (C=O) groups excluding carboxylic acids is 2. The van der Waals surface area contributed by atoms with Gasteiger partial charge >= 0.3 is 12.1 Å². The highest BCUT2D eigenvalue weighted by molar-refractivity contribution is 5.86. The van der Waals surface area contributed by atoms with Crippen LogP contribution in [0.15, 0.2) is 48.5 Å². The predicted molar refractivity (Wildman–Crippen MR) is 135 cm³/mol. The Balaban J connectivity index is 1.63. The summed E-state index contributed by atoms with van der Waals surface area (Å²) < 4.78 is 5.61. The van der Waals surface area contributed by atoms with Crippen LogP contribution in [-0.4, -0.2) is 42.3 Å². The fourth-order valence-electron chi connectivity index (χ4n) is 4.64. The zero-order chi connectivity index (χ0) is 25.5. The van der Waals surface area contributed by atoms with Crippen molar-refractivity contribution in [3.05, 3.63) is 59.7 Å². The predicted octanol–water partition coefficient (Wildman–Crippen LogP) is 4.80. The van der Waals surface area contributed by atoms with Crippen LogP contribution in [-0.2, 0) is 14.3 Å². The van der Waals surface area contributed by atoms with E-state index in [4.69, 9.17) is 4.74 Å². The average molecular weight is 481 g/mol. The number of fused-ring (bicyclic) bond motifs is 3. The summed E-state index contributed by atoms with van der Waals surface area (Å²) in [5.74, 6) is -2.05. The quantitative estimate of drug-likeness (QED) is 0.428. The molecule has 3 rings (SSSR count). The van der Waals surface area contributed by atoms with Gasteiger partial charge in [-0.25, -0.2) is 4.79 Å². The van der Waals surface area contributed by atoms with Crippen molar-refractivity contribution in [2.45, 2.75) is 52.5 Å². The lowest BCUT2D eigenvalue weighted by molar-refractivity contribution is -0.142. The molecule has 0 saturated heterocycles. The molecule has 2 unspecified atom stereocenters. The third-order valence-corrected chi connectivity index (χ3v) is 6.74. The first-order chi connectivity index (χ1) is 16.7. The zero-order valence-corrected chi connectivity index (χ0v) is 20.9. The summed E-state index contributed by atoms with van der Waals surface area (Å²) in [6.45, 7) is 7.87. The third kappa shape index (κ3) is 6.41. The van der Waals surface area contributed by atoms with E-state index in [1.54, 1.807) is 0 Å². The number of benzene rings is 2. The number of ether oxygens (including phenoxy) is 1. The van der Waals surface area contributed by atoms with Crippen molar-refractivity contribution in [1.29, 1.82) is 0 Å². The molecule has 1 aliphatic rings. The number of carboxylic acids is 1. The Labute approximate surface area is 207 Å². The van der Waals surface area contributed by atoms with Crippen molar-refractivity contribution >= 4 is 18.0 Å². The summed E-state index contributed by atoms with van der Waals surface area (Å²) in [5.41, 5.74) is 4.51. The minimum absolute atomic E-state index is 0.0195. The van der Waals surface area contributed by atoms with Gasteiger partial charge in [-0.1, -0.05) is 82.6 Å². The molecule has 2 amide bonds. The molecule has 0 saturated carbocycles. The van der Waals surface area contributed by atoms with E-state index in [0.29, 0.717) is 12.8 Å². The molecule has 7 heteroatoms. The van der Waals surface area contributed by atoms with Crippen LogP contribution in [0.4, 0.5) is 4.79 Å². The molecule has 1 aliphatic carbocycles. The van der Waals surface area contributed by atoms with Gasteiger partial charge in [0.15, 0.2) is 0 Å². The molecule has 0 aliphatic heterocycles. The molecule has 35 heavy (non-hydrogen) atoms. The van der Waals surface area contributed by atoms with E-state index in [9.17, 15) is 19.5 Å². The summed E-state index contributed by atoms with van der Waals surface area (Å²) in [7, 11) is 0. The Morgan fingerprint density at radius 3 is 2.06 bits per heavy atom. The summed E-state index contributed by atoms with van der Waals surface area (Å²) >= 11 is 0. The summed E-state index contributed by atoms with van der Waals surface area (Å²) in [4.78, 5) is 37.2. The van der Waals surface area contributed by atoms with E-state index in [0.717, 1.165) is 22.3 Å². The lowest BCUT2D eigenvalue weighted by atomic mass is 9.96. The molecule has 2 aromatic carbocycles. The highest BCUT2D eigenvalue weighted by Crippen LogP contribution is 2.44. The number of hydrogen-bond donors (Lipinski definition) is 3. The molecule has 3 atom stereocenters. The molecular formula is C28H36N2O5. The first kappa shape index (κ1) is 26.3. The maximum absolute atomic E-state index is 12.9. The number of amides is 2. The van der Waals surface area contributed by atoms with E-state index in [-0.39, 0.29) is 30.9 Å². The van der Waals surface area contributed by atoms with Gasteiger partial charge in [0, 0.05) is 12.5 Å². The summed E-state index contributed by atoms with van der Waals surface area (Å²) in [6.07, 6.45) is 0.462. The number of carboxylic acid groups (broad SMARTS) is 1. The molecule has 0 radical (unpaired) electrons. The number of rotatable bonds is 11. The zero-order valence-electron chi connectivity index (χ0n) is 20.9. The van der Waals surface area contributed by atoms with Crippen LogP contribution in [0.2, 0.25) is 0 Å². The normalized spacial score (nSPS) is 15.0. The number of alkyl carbamates (subject to hydrolysis) is 1. The Kier molecular flexibility index (Phi) is 8.90. The molecule has 3 N–H and O–H groups in total. The Morgan fingerprint density at radius 1 is 0.971 bits per heavy atom. The number of carbonyl (C=O) groups is 3. The van der Waals surface area contributed by atoms with E-state index in [1.807, 2.05) is 64.1 Å². The highest BCUT2D eigenvalue weighted by Gasteiger charge is 2.31. The first-order valence-corrected chi connectivity index (χ1v) is 12.3. The van der Waals surface area contributed by atoms with Gasteiger partial charge in [0.05, 0.1) is 5.92 Å². The van der Waals surface area contributed by atoms with E-state index in [1.165, 1.54) is 0 Å². The van der Waals surface area contributed by atoms with Crippen molar-refractivity contribution in [2.75, 3.05) is 13.2 Å². The second-order valence-corrected chi connectivity index (χ2v) is 9.74. The largest absolute Gasteiger partial charge is 0.481 e. The van der Waals surface area contributed by atoms with E-state index < -0.39 is 29.9 Å². The van der Waals surface area contributed by atoms with Crippen LogP contribution in [0, 0.1) is 17.8 Å². The maximum Gasteiger partial charge on any atom is 0.407 e. The maximum atomic E-state index is 12.9. The summed E-state index contributed by atoms with van der Waals surface area (Å²) in [5, 5.41) is 14.9. The van der Waals surface area contributed by atoms with Gasteiger partial charge in [-0.05, 0) is 40.5 Å². The summed E-state index contributed by atoms with van der Waals surface area (Å²) in [6, 6.07) is 15.4. The van der Waals surface area contributed by atoms with Crippen LogP contribution < -0.4 is 10.6 Å². The van der Waals surface area contributed by atoms with Gasteiger partial charge in [0.25, 0.3) is 0 Å². The molecule has 0 heterocycles. The van der Waals surface area contributed by atoms with Crippen LogP contribution in [0.25, 0.3) is 11.1 Å². The van der Waals surface area contributed by atoms with Gasteiger partial charge < -0.3 is 20.5 Å². The second kappa shape index (κ2) is 11.9. The van der Waals surface area contributed by atoms with Gasteiger partial charge in [-0.15, -0.1) is 0 Å². The molecule has 0 bridgehead atoms. The Morgan fingerprint density at radius 2 is 1.54 bits per heavy atom. The van der Waals surface area contributed by atoms with Crippen molar-refractivity contribution in [2.24, 2.45) is 17.8 Å². The van der Waals surface area contributed by atoms with Crippen molar-refractivity contribution < 1.29 is 24.2 Å². The SMILES string of the molecule is CCC(C)[C@H](NC(=O)OCC1c2ccccc2-c2ccccc21)C(=O)NCC(CC(C)C)C(=O)O. The topological polar surface area (TPSA) is 105 Å². The molecule has 2 aromatic rings. The average Bonchev–Trinajstić information content (AvgIpc) is 3.16. The fourth-order valence-corrected chi connectivity index (χ4v) is 4.64. The minimum atomic E-state index is -0.941. The van der Waals surface area contributed by atoms with Crippen LogP contribution in [0.5, 0.6) is 0 Å². The lowest BCUT2D eigenvalue weighted by Gasteiger charge is -2.25.